The Morgan fingerprint density at radius 3 is 2.61 bits per heavy atom. The van der Waals surface area contributed by atoms with Crippen LogP contribution >= 0.6 is 0 Å². The van der Waals surface area contributed by atoms with Gasteiger partial charge in [0.1, 0.15) is 5.82 Å². The summed E-state index contributed by atoms with van der Waals surface area (Å²) in [4.78, 5) is 21.9. The third kappa shape index (κ3) is 2.26. The first-order chi connectivity index (χ1) is 8.72. The molecule has 98 valence electrons. The lowest BCUT2D eigenvalue weighted by molar-refractivity contribution is 0.153. The van der Waals surface area contributed by atoms with Crippen LogP contribution in [0.3, 0.4) is 0 Å². The van der Waals surface area contributed by atoms with E-state index in [4.69, 9.17) is 5.73 Å². The molecule has 2 saturated carbocycles. The molecular formula is C13H20N4O. The molecule has 0 aliphatic heterocycles. The highest BCUT2D eigenvalue weighted by Gasteiger charge is 2.33. The lowest BCUT2D eigenvalue weighted by Gasteiger charge is -2.38. The van der Waals surface area contributed by atoms with Gasteiger partial charge in [0.2, 0.25) is 5.95 Å². The number of nitrogen functional groups attached to an aromatic ring is 1. The normalized spacial score (nSPS) is 31.9. The largest absolute Gasteiger partial charge is 0.368 e. The summed E-state index contributed by atoms with van der Waals surface area (Å²) >= 11 is 0. The number of hydrogen-bond donors (Lipinski definition) is 2. The number of H-pyrrole nitrogens is 1. The molecule has 0 saturated heterocycles. The van der Waals surface area contributed by atoms with Gasteiger partial charge in [-0.2, -0.15) is 9.97 Å². The maximum Gasteiger partial charge on any atom is 0.349 e. The van der Waals surface area contributed by atoms with Gasteiger partial charge < -0.3 is 5.73 Å². The summed E-state index contributed by atoms with van der Waals surface area (Å²) in [6.07, 6.45) is 9.01. The molecule has 18 heavy (non-hydrogen) atoms. The molecule has 2 aliphatic carbocycles. The fourth-order valence-electron chi connectivity index (χ4n) is 3.73. The maximum atomic E-state index is 11.3. The van der Waals surface area contributed by atoms with Crippen molar-refractivity contribution in [3.05, 3.63) is 16.3 Å². The Labute approximate surface area is 106 Å². The van der Waals surface area contributed by atoms with Crippen LogP contribution in [0, 0.1) is 11.8 Å². The first-order valence-electron chi connectivity index (χ1n) is 6.96. The number of fused-ring (bicyclic) bond motifs is 1. The van der Waals surface area contributed by atoms with Crippen LogP contribution in [0.1, 0.15) is 56.7 Å². The number of nitrogens with zero attached hydrogens (tertiary/aromatic N) is 2. The Balaban J connectivity index is 1.79. The van der Waals surface area contributed by atoms with Crippen molar-refractivity contribution >= 4 is 5.95 Å². The van der Waals surface area contributed by atoms with Crippen LogP contribution in [-0.2, 0) is 0 Å². The molecule has 1 aromatic heterocycles. The third-order valence-electron chi connectivity index (χ3n) is 4.61. The zero-order chi connectivity index (χ0) is 12.5. The summed E-state index contributed by atoms with van der Waals surface area (Å²) in [5.41, 5.74) is 5.18. The van der Waals surface area contributed by atoms with Gasteiger partial charge in [0, 0.05) is 5.92 Å². The third-order valence-corrected chi connectivity index (χ3v) is 4.61. The van der Waals surface area contributed by atoms with Gasteiger partial charge in [0.25, 0.3) is 0 Å². The molecule has 3 unspecified atom stereocenters. The molecule has 1 heterocycles. The topological polar surface area (TPSA) is 84.7 Å². The van der Waals surface area contributed by atoms with Crippen molar-refractivity contribution in [2.75, 3.05) is 5.73 Å². The minimum atomic E-state index is -0.372. The van der Waals surface area contributed by atoms with Crippen LogP contribution in [-0.4, -0.2) is 15.0 Å². The van der Waals surface area contributed by atoms with Crippen LogP contribution in [0.5, 0.6) is 0 Å². The SMILES string of the molecule is Nc1nc(C2CCC3CCCCC3C2)[nH]c(=O)n1. The fraction of sp³-hybridized carbons (Fsp3) is 0.769. The monoisotopic (exact) mass is 248 g/mol. The zero-order valence-electron chi connectivity index (χ0n) is 10.6. The van der Waals surface area contributed by atoms with E-state index in [0.717, 1.165) is 30.5 Å². The minimum absolute atomic E-state index is 0.0968. The van der Waals surface area contributed by atoms with E-state index in [-0.39, 0.29) is 11.6 Å². The van der Waals surface area contributed by atoms with Gasteiger partial charge in [-0.3, -0.25) is 4.98 Å². The van der Waals surface area contributed by atoms with Crippen molar-refractivity contribution in [2.45, 2.75) is 50.9 Å². The van der Waals surface area contributed by atoms with E-state index < -0.39 is 0 Å². The highest BCUT2D eigenvalue weighted by molar-refractivity contribution is 5.15. The quantitative estimate of drug-likeness (QED) is 0.794. The van der Waals surface area contributed by atoms with Gasteiger partial charge in [-0.25, -0.2) is 4.79 Å². The Morgan fingerprint density at radius 1 is 1.06 bits per heavy atom. The van der Waals surface area contributed by atoms with E-state index in [0.29, 0.717) is 5.92 Å². The second-order valence-corrected chi connectivity index (χ2v) is 5.71. The van der Waals surface area contributed by atoms with Gasteiger partial charge in [0.15, 0.2) is 0 Å². The van der Waals surface area contributed by atoms with Crippen molar-refractivity contribution in [3.63, 3.8) is 0 Å². The van der Waals surface area contributed by atoms with Crippen molar-refractivity contribution in [3.8, 4) is 0 Å². The van der Waals surface area contributed by atoms with Crippen LogP contribution in [0.2, 0.25) is 0 Å². The predicted octanol–water partition coefficient (Wildman–Crippen LogP) is 1.82. The first-order valence-corrected chi connectivity index (χ1v) is 6.96. The van der Waals surface area contributed by atoms with E-state index in [1.165, 1.54) is 32.1 Å². The molecule has 0 amide bonds. The van der Waals surface area contributed by atoms with Gasteiger partial charge in [0.05, 0.1) is 0 Å². The summed E-state index contributed by atoms with van der Waals surface area (Å²) in [7, 11) is 0. The summed E-state index contributed by atoms with van der Waals surface area (Å²) in [6.45, 7) is 0. The Hall–Kier alpha value is -1.39. The number of anilines is 1. The van der Waals surface area contributed by atoms with Gasteiger partial charge in [-0.05, 0) is 31.1 Å². The predicted molar refractivity (Wildman–Crippen MR) is 69.1 cm³/mol. The standard InChI is InChI=1S/C13H20N4O/c14-12-15-11(16-13(18)17-12)10-6-5-8-3-1-2-4-9(8)7-10/h8-10H,1-7H2,(H3,14,15,16,17,18). The van der Waals surface area contributed by atoms with E-state index in [2.05, 4.69) is 15.0 Å². The minimum Gasteiger partial charge on any atom is -0.368 e. The van der Waals surface area contributed by atoms with Crippen LogP contribution in [0.15, 0.2) is 4.79 Å². The van der Waals surface area contributed by atoms with Gasteiger partial charge in [-0.1, -0.05) is 25.7 Å². The summed E-state index contributed by atoms with van der Waals surface area (Å²) in [6, 6.07) is 0. The molecule has 3 atom stereocenters. The number of aromatic nitrogens is 3. The number of nitrogens with two attached hydrogens (primary N) is 1. The first kappa shape index (κ1) is 11.7. The molecule has 0 aromatic carbocycles. The second-order valence-electron chi connectivity index (χ2n) is 5.71. The molecule has 3 N–H and O–H groups in total. The molecule has 0 spiro atoms. The van der Waals surface area contributed by atoms with Crippen molar-refractivity contribution in [2.24, 2.45) is 11.8 Å². The fourth-order valence-corrected chi connectivity index (χ4v) is 3.73. The van der Waals surface area contributed by atoms with Crippen molar-refractivity contribution < 1.29 is 0 Å². The Morgan fingerprint density at radius 2 is 1.83 bits per heavy atom. The maximum absolute atomic E-state index is 11.3. The van der Waals surface area contributed by atoms with Crippen LogP contribution < -0.4 is 11.4 Å². The smallest absolute Gasteiger partial charge is 0.349 e. The molecule has 5 heteroatoms. The number of rotatable bonds is 1. The van der Waals surface area contributed by atoms with E-state index >= 15 is 0 Å². The molecule has 5 nitrogen and oxygen atoms in total. The molecule has 0 bridgehead atoms. The van der Waals surface area contributed by atoms with Crippen LogP contribution in [0.25, 0.3) is 0 Å². The van der Waals surface area contributed by atoms with E-state index in [9.17, 15) is 4.79 Å². The van der Waals surface area contributed by atoms with Crippen molar-refractivity contribution in [1.82, 2.24) is 15.0 Å². The molecule has 0 radical (unpaired) electrons. The Kier molecular flexibility index (Phi) is 3.06. The number of hydrogen-bond acceptors (Lipinski definition) is 4. The lowest BCUT2D eigenvalue weighted by Crippen LogP contribution is -2.29. The molecule has 1 aromatic rings. The molecule has 3 rings (SSSR count). The Bertz CT molecular complexity index is 484. The van der Waals surface area contributed by atoms with E-state index in [1.54, 1.807) is 0 Å². The lowest BCUT2D eigenvalue weighted by atomic mass is 9.67. The van der Waals surface area contributed by atoms with Gasteiger partial charge in [-0.15, -0.1) is 0 Å². The summed E-state index contributed by atoms with van der Waals surface area (Å²) in [5, 5.41) is 0. The van der Waals surface area contributed by atoms with Crippen molar-refractivity contribution in [1.29, 1.82) is 0 Å². The molecular weight excluding hydrogens is 228 g/mol. The second kappa shape index (κ2) is 4.71. The zero-order valence-corrected chi connectivity index (χ0v) is 10.6. The van der Waals surface area contributed by atoms with Gasteiger partial charge >= 0.3 is 5.69 Å². The molecule has 2 fully saturated rings. The van der Waals surface area contributed by atoms with Crippen LogP contribution in [0.4, 0.5) is 5.95 Å². The number of aromatic amines is 1. The highest BCUT2D eigenvalue weighted by Crippen LogP contribution is 2.45. The summed E-state index contributed by atoms with van der Waals surface area (Å²) < 4.78 is 0. The van der Waals surface area contributed by atoms with E-state index in [1.807, 2.05) is 0 Å². The number of nitrogens with one attached hydrogen (secondary N) is 1. The highest BCUT2D eigenvalue weighted by atomic mass is 16.1. The average Bonchev–Trinajstić information content (AvgIpc) is 2.37. The molecule has 2 aliphatic rings. The average molecular weight is 248 g/mol. The summed E-state index contributed by atoms with van der Waals surface area (Å²) in [5.74, 6) is 2.93.